The number of nitriles is 1. The van der Waals surface area contributed by atoms with Crippen LogP contribution >= 0.6 is 0 Å². The Morgan fingerprint density at radius 3 is 2.52 bits per heavy atom. The van der Waals surface area contributed by atoms with Gasteiger partial charge in [-0.1, -0.05) is 24.3 Å². The maximum atomic E-state index is 13.6. The fourth-order valence-corrected chi connectivity index (χ4v) is 2.97. The standard InChI is InChI=1S/C22H18FN3O/c1-15-11-17(16(2)26(15)21-10-6-7-19(23)13-21)12-18(14-24)22(27)25-20-8-4-3-5-9-20/h3-13H,1-2H3,(H,25,27)/b18-12-. The third-order valence-electron chi connectivity index (χ3n) is 4.23. The van der Waals surface area contributed by atoms with E-state index in [0.29, 0.717) is 11.4 Å². The lowest BCUT2D eigenvalue weighted by Gasteiger charge is -2.09. The van der Waals surface area contributed by atoms with Crippen LogP contribution in [-0.2, 0) is 4.79 Å². The van der Waals surface area contributed by atoms with Crippen LogP contribution in [0.5, 0.6) is 0 Å². The summed E-state index contributed by atoms with van der Waals surface area (Å²) in [6, 6.07) is 19.1. The summed E-state index contributed by atoms with van der Waals surface area (Å²) < 4.78 is 15.5. The second-order valence-corrected chi connectivity index (χ2v) is 6.13. The van der Waals surface area contributed by atoms with E-state index in [1.807, 2.05) is 42.7 Å². The molecule has 0 saturated heterocycles. The molecule has 0 bridgehead atoms. The second-order valence-electron chi connectivity index (χ2n) is 6.13. The van der Waals surface area contributed by atoms with Gasteiger partial charge in [0.2, 0.25) is 0 Å². The van der Waals surface area contributed by atoms with E-state index in [9.17, 15) is 14.4 Å². The van der Waals surface area contributed by atoms with Crippen molar-refractivity contribution in [2.45, 2.75) is 13.8 Å². The third kappa shape index (κ3) is 3.96. The van der Waals surface area contributed by atoms with Crippen molar-refractivity contribution in [2.75, 3.05) is 5.32 Å². The van der Waals surface area contributed by atoms with E-state index >= 15 is 0 Å². The summed E-state index contributed by atoms with van der Waals surface area (Å²) in [4.78, 5) is 12.4. The summed E-state index contributed by atoms with van der Waals surface area (Å²) in [6.45, 7) is 3.76. The van der Waals surface area contributed by atoms with E-state index in [0.717, 1.165) is 17.0 Å². The highest BCUT2D eigenvalue weighted by Crippen LogP contribution is 2.23. The number of nitrogens with zero attached hydrogens (tertiary/aromatic N) is 2. The van der Waals surface area contributed by atoms with Crippen LogP contribution in [0.3, 0.4) is 0 Å². The number of amides is 1. The zero-order chi connectivity index (χ0) is 19.4. The van der Waals surface area contributed by atoms with Crippen LogP contribution in [-0.4, -0.2) is 10.5 Å². The van der Waals surface area contributed by atoms with Gasteiger partial charge in [0.25, 0.3) is 5.91 Å². The summed E-state index contributed by atoms with van der Waals surface area (Å²) in [5.41, 5.74) is 3.74. The Morgan fingerprint density at radius 1 is 1.11 bits per heavy atom. The van der Waals surface area contributed by atoms with Crippen molar-refractivity contribution in [3.63, 3.8) is 0 Å². The summed E-state index contributed by atoms with van der Waals surface area (Å²) in [5, 5.41) is 12.1. The quantitative estimate of drug-likeness (QED) is 0.538. The summed E-state index contributed by atoms with van der Waals surface area (Å²) in [6.07, 6.45) is 1.55. The lowest BCUT2D eigenvalue weighted by Crippen LogP contribution is -2.13. The molecule has 27 heavy (non-hydrogen) atoms. The molecule has 4 nitrogen and oxygen atoms in total. The van der Waals surface area contributed by atoms with Gasteiger partial charge in [-0.05, 0) is 61.9 Å². The van der Waals surface area contributed by atoms with Crippen molar-refractivity contribution >= 4 is 17.7 Å². The first-order valence-electron chi connectivity index (χ1n) is 8.42. The Morgan fingerprint density at radius 2 is 1.85 bits per heavy atom. The zero-order valence-corrected chi connectivity index (χ0v) is 15.0. The molecular weight excluding hydrogens is 341 g/mol. The molecule has 3 rings (SSSR count). The van der Waals surface area contributed by atoms with E-state index in [1.165, 1.54) is 12.1 Å². The van der Waals surface area contributed by atoms with Gasteiger partial charge in [-0.3, -0.25) is 4.79 Å². The molecule has 2 aromatic carbocycles. The number of hydrogen-bond donors (Lipinski definition) is 1. The number of aryl methyl sites for hydroxylation is 1. The molecule has 134 valence electrons. The maximum absolute atomic E-state index is 13.6. The number of rotatable bonds is 4. The first-order valence-corrected chi connectivity index (χ1v) is 8.42. The van der Waals surface area contributed by atoms with E-state index < -0.39 is 5.91 Å². The fraction of sp³-hybridized carbons (Fsp3) is 0.0909. The Labute approximate surface area is 157 Å². The lowest BCUT2D eigenvalue weighted by molar-refractivity contribution is -0.112. The second kappa shape index (κ2) is 7.71. The van der Waals surface area contributed by atoms with E-state index in [2.05, 4.69) is 5.32 Å². The van der Waals surface area contributed by atoms with Crippen LogP contribution < -0.4 is 5.32 Å². The van der Waals surface area contributed by atoms with E-state index in [4.69, 9.17) is 0 Å². The predicted octanol–water partition coefficient (Wildman–Crippen LogP) is 4.78. The molecule has 0 fully saturated rings. The number of carbonyl (C=O) groups is 1. The molecule has 1 aromatic heterocycles. The van der Waals surface area contributed by atoms with Gasteiger partial charge in [0, 0.05) is 22.8 Å². The van der Waals surface area contributed by atoms with Gasteiger partial charge in [-0.15, -0.1) is 0 Å². The van der Waals surface area contributed by atoms with Crippen molar-refractivity contribution in [1.82, 2.24) is 4.57 Å². The number of anilines is 1. The number of halogens is 1. The number of aromatic nitrogens is 1. The minimum Gasteiger partial charge on any atom is -0.321 e. The fourth-order valence-electron chi connectivity index (χ4n) is 2.97. The number of hydrogen-bond acceptors (Lipinski definition) is 2. The van der Waals surface area contributed by atoms with Crippen LogP contribution in [0.15, 0.2) is 66.2 Å². The van der Waals surface area contributed by atoms with Crippen LogP contribution in [0, 0.1) is 31.0 Å². The van der Waals surface area contributed by atoms with Gasteiger partial charge in [-0.25, -0.2) is 4.39 Å². The number of para-hydroxylation sites is 1. The molecule has 3 aromatic rings. The van der Waals surface area contributed by atoms with Crippen LogP contribution in [0.4, 0.5) is 10.1 Å². The average Bonchev–Trinajstić information content (AvgIpc) is 2.93. The van der Waals surface area contributed by atoms with Crippen molar-refractivity contribution in [2.24, 2.45) is 0 Å². The first kappa shape index (κ1) is 18.2. The minimum absolute atomic E-state index is 0.00153. The Bertz CT molecular complexity index is 1060. The highest BCUT2D eigenvalue weighted by molar-refractivity contribution is 6.09. The Kier molecular flexibility index (Phi) is 5.18. The summed E-state index contributed by atoms with van der Waals surface area (Å²) >= 11 is 0. The van der Waals surface area contributed by atoms with E-state index in [1.54, 1.807) is 36.4 Å². The molecule has 0 spiro atoms. The Balaban J connectivity index is 1.95. The largest absolute Gasteiger partial charge is 0.321 e. The molecule has 1 amide bonds. The van der Waals surface area contributed by atoms with Crippen LogP contribution in [0.25, 0.3) is 11.8 Å². The topological polar surface area (TPSA) is 57.8 Å². The van der Waals surface area contributed by atoms with Crippen molar-refractivity contribution < 1.29 is 9.18 Å². The predicted molar refractivity (Wildman–Crippen MR) is 104 cm³/mol. The maximum Gasteiger partial charge on any atom is 0.266 e. The monoisotopic (exact) mass is 359 g/mol. The molecule has 0 aliphatic rings. The highest BCUT2D eigenvalue weighted by Gasteiger charge is 2.14. The highest BCUT2D eigenvalue weighted by atomic mass is 19.1. The molecule has 1 heterocycles. The van der Waals surface area contributed by atoms with Gasteiger partial charge in [0.1, 0.15) is 17.5 Å². The molecule has 5 heteroatoms. The molecular formula is C22H18FN3O. The average molecular weight is 359 g/mol. The van der Waals surface area contributed by atoms with Crippen molar-refractivity contribution in [3.8, 4) is 11.8 Å². The lowest BCUT2D eigenvalue weighted by atomic mass is 10.1. The van der Waals surface area contributed by atoms with Crippen LogP contribution in [0.2, 0.25) is 0 Å². The molecule has 0 aliphatic carbocycles. The molecule has 0 unspecified atom stereocenters. The van der Waals surface area contributed by atoms with Crippen molar-refractivity contribution in [3.05, 3.63) is 89.0 Å². The minimum atomic E-state index is -0.473. The molecule has 0 radical (unpaired) electrons. The van der Waals surface area contributed by atoms with Gasteiger partial charge >= 0.3 is 0 Å². The van der Waals surface area contributed by atoms with E-state index in [-0.39, 0.29) is 11.4 Å². The molecule has 0 aliphatic heterocycles. The number of benzene rings is 2. The zero-order valence-electron chi connectivity index (χ0n) is 15.0. The number of nitrogens with one attached hydrogen (secondary N) is 1. The van der Waals surface area contributed by atoms with Gasteiger partial charge in [-0.2, -0.15) is 5.26 Å². The summed E-state index contributed by atoms with van der Waals surface area (Å²) in [5.74, 6) is -0.795. The van der Waals surface area contributed by atoms with Gasteiger partial charge in [0.15, 0.2) is 0 Å². The SMILES string of the molecule is Cc1cc(/C=C(/C#N)C(=O)Nc2ccccc2)c(C)n1-c1cccc(F)c1. The summed E-state index contributed by atoms with van der Waals surface area (Å²) in [7, 11) is 0. The van der Waals surface area contributed by atoms with Crippen LogP contribution in [0.1, 0.15) is 17.0 Å². The smallest absolute Gasteiger partial charge is 0.266 e. The molecule has 0 saturated carbocycles. The Hall–Kier alpha value is -3.65. The number of carbonyl (C=O) groups excluding carboxylic acids is 1. The van der Waals surface area contributed by atoms with Gasteiger partial charge < -0.3 is 9.88 Å². The normalized spacial score (nSPS) is 11.1. The molecule has 0 atom stereocenters. The van der Waals surface area contributed by atoms with Crippen molar-refractivity contribution in [1.29, 1.82) is 5.26 Å². The first-order chi connectivity index (χ1) is 13.0. The molecule has 1 N–H and O–H groups in total. The third-order valence-corrected chi connectivity index (χ3v) is 4.23. The van der Waals surface area contributed by atoms with Gasteiger partial charge in [0.05, 0.1) is 0 Å².